The zero-order valence-corrected chi connectivity index (χ0v) is 11.4. The molecule has 0 spiro atoms. The van der Waals surface area contributed by atoms with Crippen LogP contribution in [0.2, 0.25) is 0 Å². The largest absolute Gasteiger partial charge is 0.478 e. The van der Waals surface area contributed by atoms with Gasteiger partial charge in [0.05, 0.1) is 11.1 Å². The molecule has 2 N–H and O–H groups in total. The molecule has 0 aromatic heterocycles. The minimum atomic E-state index is -1.25. The number of carboxylic acid groups (broad SMARTS) is 2. The maximum atomic E-state index is 11.3. The van der Waals surface area contributed by atoms with E-state index >= 15 is 0 Å². The maximum Gasteiger partial charge on any atom is 0.337 e. The quantitative estimate of drug-likeness (QED) is 0.852. The van der Waals surface area contributed by atoms with Crippen molar-refractivity contribution in [2.45, 2.75) is 0 Å². The van der Waals surface area contributed by atoms with Crippen molar-refractivity contribution in [3.8, 4) is 11.1 Å². The Bertz CT molecular complexity index is 608. The standard InChI is InChI=1S/C14H10O4.Ti/c15-13(16)11-8-4-7-10(12(11)14(17)18)9-5-2-1-3-6-9;/h1-8H,(H,15,16)(H,17,18);. The summed E-state index contributed by atoms with van der Waals surface area (Å²) in [6.07, 6.45) is 0. The smallest absolute Gasteiger partial charge is 0.337 e. The molecule has 0 fully saturated rings. The summed E-state index contributed by atoms with van der Waals surface area (Å²) in [5.74, 6) is -2.49. The molecular weight excluding hydrogens is 280 g/mol. The predicted molar refractivity (Wildman–Crippen MR) is 65.8 cm³/mol. The van der Waals surface area contributed by atoms with Crippen molar-refractivity contribution in [1.82, 2.24) is 0 Å². The van der Waals surface area contributed by atoms with Crippen LogP contribution < -0.4 is 0 Å². The molecule has 5 heteroatoms. The first-order valence-electron chi connectivity index (χ1n) is 5.26. The minimum absolute atomic E-state index is 0. The van der Waals surface area contributed by atoms with E-state index in [1.54, 1.807) is 30.3 Å². The summed E-state index contributed by atoms with van der Waals surface area (Å²) in [7, 11) is 0. The van der Waals surface area contributed by atoms with Crippen LogP contribution in [-0.4, -0.2) is 22.2 Å². The van der Waals surface area contributed by atoms with Crippen LogP contribution in [-0.2, 0) is 21.7 Å². The van der Waals surface area contributed by atoms with Gasteiger partial charge in [0, 0.05) is 21.7 Å². The van der Waals surface area contributed by atoms with Gasteiger partial charge in [-0.1, -0.05) is 42.5 Å². The third-order valence-electron chi connectivity index (χ3n) is 2.59. The summed E-state index contributed by atoms with van der Waals surface area (Å²) in [5.41, 5.74) is 0.695. The Hall–Kier alpha value is -1.91. The molecule has 0 amide bonds. The van der Waals surface area contributed by atoms with Crippen LogP contribution in [0.1, 0.15) is 20.7 Å². The molecule has 0 saturated carbocycles. The molecule has 0 aliphatic rings. The van der Waals surface area contributed by atoms with Crippen LogP contribution in [0.25, 0.3) is 11.1 Å². The summed E-state index contributed by atoms with van der Waals surface area (Å²) in [6.45, 7) is 0. The van der Waals surface area contributed by atoms with Gasteiger partial charge in [0.25, 0.3) is 0 Å². The van der Waals surface area contributed by atoms with Crippen LogP contribution in [0.4, 0.5) is 0 Å². The first kappa shape index (κ1) is 15.2. The first-order valence-corrected chi connectivity index (χ1v) is 5.26. The van der Waals surface area contributed by atoms with Gasteiger partial charge >= 0.3 is 11.9 Å². The fraction of sp³-hybridized carbons (Fsp3) is 0. The van der Waals surface area contributed by atoms with Gasteiger partial charge in [-0.25, -0.2) is 9.59 Å². The average Bonchev–Trinajstić information content (AvgIpc) is 2.38. The fourth-order valence-corrected chi connectivity index (χ4v) is 1.82. The molecular formula is C14H10O4Ti. The Balaban J connectivity index is 0.00000180. The van der Waals surface area contributed by atoms with Crippen LogP contribution in [0.5, 0.6) is 0 Å². The SMILES string of the molecule is O=C(O)c1cccc(-c2ccccc2)c1C(=O)O.[Ti]. The number of aromatic carboxylic acids is 2. The summed E-state index contributed by atoms with van der Waals surface area (Å²) in [5, 5.41) is 18.2. The van der Waals surface area contributed by atoms with E-state index in [2.05, 4.69) is 0 Å². The van der Waals surface area contributed by atoms with E-state index in [0.29, 0.717) is 11.1 Å². The number of hydrogen-bond acceptors (Lipinski definition) is 2. The third-order valence-corrected chi connectivity index (χ3v) is 2.59. The van der Waals surface area contributed by atoms with Crippen LogP contribution >= 0.6 is 0 Å². The van der Waals surface area contributed by atoms with Gasteiger partial charge in [0.2, 0.25) is 0 Å². The fourth-order valence-electron chi connectivity index (χ4n) is 1.82. The predicted octanol–water partition coefficient (Wildman–Crippen LogP) is 2.75. The zero-order valence-electron chi connectivity index (χ0n) is 9.83. The second-order valence-corrected chi connectivity index (χ2v) is 3.70. The van der Waals surface area contributed by atoms with E-state index in [-0.39, 0.29) is 32.8 Å². The number of rotatable bonds is 3. The molecule has 0 bridgehead atoms. The van der Waals surface area contributed by atoms with Gasteiger partial charge in [0.1, 0.15) is 0 Å². The second kappa shape index (κ2) is 6.32. The van der Waals surface area contributed by atoms with E-state index in [1.807, 2.05) is 6.07 Å². The van der Waals surface area contributed by atoms with Crippen molar-refractivity contribution in [2.24, 2.45) is 0 Å². The van der Waals surface area contributed by atoms with Gasteiger partial charge in [-0.15, -0.1) is 0 Å². The van der Waals surface area contributed by atoms with Crippen molar-refractivity contribution < 1.29 is 41.5 Å². The molecule has 2 rings (SSSR count). The number of hydrogen-bond donors (Lipinski definition) is 2. The number of carboxylic acids is 2. The van der Waals surface area contributed by atoms with Crippen molar-refractivity contribution in [3.05, 3.63) is 59.7 Å². The van der Waals surface area contributed by atoms with Crippen molar-refractivity contribution in [3.63, 3.8) is 0 Å². The Labute approximate surface area is 124 Å². The number of benzene rings is 2. The molecule has 0 aliphatic carbocycles. The molecule has 0 aliphatic heterocycles. The first-order chi connectivity index (χ1) is 8.61. The van der Waals surface area contributed by atoms with Gasteiger partial charge < -0.3 is 10.2 Å². The molecule has 0 heterocycles. The van der Waals surface area contributed by atoms with Crippen molar-refractivity contribution in [2.75, 3.05) is 0 Å². The summed E-state index contributed by atoms with van der Waals surface area (Å²) < 4.78 is 0. The Morgan fingerprint density at radius 1 is 0.789 bits per heavy atom. The summed E-state index contributed by atoms with van der Waals surface area (Å²) >= 11 is 0. The van der Waals surface area contributed by atoms with E-state index in [1.165, 1.54) is 12.1 Å². The van der Waals surface area contributed by atoms with Crippen LogP contribution in [0.3, 0.4) is 0 Å². The monoisotopic (exact) mass is 290 g/mol. The minimum Gasteiger partial charge on any atom is -0.478 e. The van der Waals surface area contributed by atoms with E-state index in [4.69, 9.17) is 5.11 Å². The van der Waals surface area contributed by atoms with Gasteiger partial charge in [-0.2, -0.15) is 0 Å². The molecule has 0 atom stereocenters. The van der Waals surface area contributed by atoms with E-state index < -0.39 is 11.9 Å². The normalized spacial score (nSPS) is 9.47. The molecule has 19 heavy (non-hydrogen) atoms. The molecule has 0 unspecified atom stereocenters. The summed E-state index contributed by atoms with van der Waals surface area (Å²) in [4.78, 5) is 22.3. The zero-order chi connectivity index (χ0) is 13.1. The van der Waals surface area contributed by atoms with Crippen LogP contribution in [0, 0.1) is 0 Å². The molecule has 4 nitrogen and oxygen atoms in total. The van der Waals surface area contributed by atoms with E-state index in [9.17, 15) is 14.7 Å². The molecule has 0 radical (unpaired) electrons. The Kier molecular flexibility index (Phi) is 5.04. The van der Waals surface area contributed by atoms with Crippen molar-refractivity contribution >= 4 is 11.9 Å². The molecule has 0 saturated heterocycles. The topological polar surface area (TPSA) is 74.6 Å². The van der Waals surface area contributed by atoms with Gasteiger partial charge in [-0.3, -0.25) is 0 Å². The van der Waals surface area contributed by atoms with Gasteiger partial charge in [-0.05, 0) is 17.2 Å². The molecule has 2 aromatic carbocycles. The Morgan fingerprint density at radius 3 is 1.95 bits per heavy atom. The average molecular weight is 290 g/mol. The third kappa shape index (κ3) is 3.10. The second-order valence-electron chi connectivity index (χ2n) is 3.70. The molecule has 2 aromatic rings. The Morgan fingerprint density at radius 2 is 1.42 bits per heavy atom. The van der Waals surface area contributed by atoms with Crippen LogP contribution in [0.15, 0.2) is 48.5 Å². The van der Waals surface area contributed by atoms with E-state index in [0.717, 1.165) is 0 Å². The number of carbonyl (C=O) groups is 2. The summed E-state index contributed by atoms with van der Waals surface area (Å²) in [6, 6.07) is 13.3. The molecule has 94 valence electrons. The maximum absolute atomic E-state index is 11.3. The van der Waals surface area contributed by atoms with Gasteiger partial charge in [0.15, 0.2) is 0 Å². The van der Waals surface area contributed by atoms with Crippen molar-refractivity contribution in [1.29, 1.82) is 0 Å².